The molecule has 9 aromatic carbocycles. The first-order chi connectivity index (χ1) is 55.4. The van der Waals surface area contributed by atoms with Crippen LogP contribution in [0.2, 0.25) is 0 Å². The van der Waals surface area contributed by atoms with Crippen LogP contribution in [0.15, 0.2) is 6.07 Å². The van der Waals surface area contributed by atoms with Gasteiger partial charge >= 0.3 is 29.6 Å². The van der Waals surface area contributed by atoms with Gasteiger partial charge in [-0.1, -0.05) is 59.8 Å². The number of halogens is 46. The molecule has 0 aromatic heterocycles. The predicted octanol–water partition coefficient (Wildman–Crippen LogP) is 25.9. The Morgan fingerprint density at radius 2 is 0.467 bits per heavy atom. The number of nitrogens with zero attached hydrogens (tertiary/aromatic N) is 1. The SMILES string of the molecule is CCCCC(CC)CCN(CC(C)CCC)c1cc(F)c(F)c(C(F)(F)F)c1F.Fc1c(F)c(F)c(-c2c(F)c(F)c(F)c(F)c2F)c(F)c1F.Fc1c(F)c(F)c(-c2c(F)c(F)c(F)c(F)c2F)c(F)c1F.Fc1c(F)c(F)c(-c2c(F)c(F)c(F)c(F)c2F)c(F)c1F.Fc1c(F)c(F)c(-c2c(F)c(F)c(F)c(F)c2F)c(F)c1F.[O]=[Al][OH]. The van der Waals surface area contributed by atoms with E-state index in [1.807, 2.05) is 20.8 Å². The monoisotopic (exact) mass is 1820 g/mol. The predicted molar refractivity (Wildman–Crippen MR) is 320 cm³/mol. The molecule has 0 heterocycles. The molecule has 1 N–H and O–H groups in total. The zero-order valence-corrected chi connectivity index (χ0v) is 59.5. The van der Waals surface area contributed by atoms with Gasteiger partial charge in [-0.05, 0) is 24.7 Å². The van der Waals surface area contributed by atoms with Crippen molar-refractivity contribution in [1.29, 1.82) is 0 Å². The van der Waals surface area contributed by atoms with Crippen molar-refractivity contribution in [3.8, 4) is 44.5 Å². The fourth-order valence-corrected chi connectivity index (χ4v) is 10.3. The standard InChI is InChI=1S/C22H33F6N.4C12F10.Al.H2O.O/c1-5-8-10-16(7-3)11-12-29(14-15(4)9-6-2)18-13-17(23)20(24)19(21(18)25)22(26,27)28;4*13-3-1(4(14)8(18)11(21)7(3)17)2-5(15)9(19)12(22)10(20)6(2)16;;;/h13,15-16H,5-12,14H2,1-4H3;;;;;;1H2;/q;;;;;+1;;/p-1. The van der Waals surface area contributed by atoms with Crippen LogP contribution in [0.3, 0.4) is 0 Å². The fourth-order valence-electron chi connectivity index (χ4n) is 10.3. The number of unbranched alkanes of at least 4 members (excludes halogenated alkanes) is 1. The van der Waals surface area contributed by atoms with Crippen molar-refractivity contribution >= 4 is 21.2 Å². The van der Waals surface area contributed by atoms with Crippen LogP contribution in [0.25, 0.3) is 44.5 Å². The second-order valence-electron chi connectivity index (χ2n) is 23.6. The van der Waals surface area contributed by atoms with Gasteiger partial charge in [0, 0.05) is 19.2 Å². The molecule has 0 bridgehead atoms. The minimum atomic E-state index is -5.31. The number of benzene rings is 9. The van der Waals surface area contributed by atoms with Crippen molar-refractivity contribution in [2.45, 2.75) is 78.8 Å². The molecule has 0 radical (unpaired) electrons. The van der Waals surface area contributed by atoms with Crippen LogP contribution in [0, 0.1) is 262 Å². The summed E-state index contributed by atoms with van der Waals surface area (Å²) in [5.74, 6) is -112. The summed E-state index contributed by atoms with van der Waals surface area (Å²) in [7, 11) is 0. The Morgan fingerprint density at radius 1 is 0.283 bits per heavy atom. The Bertz CT molecular complexity index is 4360. The molecule has 9 rings (SSSR count). The van der Waals surface area contributed by atoms with Gasteiger partial charge in [0.2, 0.25) is 46.5 Å². The Hall–Kier alpha value is -10.3. The van der Waals surface area contributed by atoms with Crippen LogP contribution < -0.4 is 4.90 Å². The molecule has 2 unspecified atom stereocenters. The zero-order chi connectivity index (χ0) is 92.6. The van der Waals surface area contributed by atoms with Crippen molar-refractivity contribution < 1.29 is 210 Å². The third kappa shape index (κ3) is 20.3. The molecule has 0 amide bonds. The van der Waals surface area contributed by atoms with Gasteiger partial charge < -0.3 is 4.90 Å². The normalized spacial score (nSPS) is 11.7. The van der Waals surface area contributed by atoms with Crippen LogP contribution >= 0.6 is 0 Å². The number of rotatable bonds is 16. The summed E-state index contributed by atoms with van der Waals surface area (Å²) in [5.41, 5.74) is -20.7. The van der Waals surface area contributed by atoms with Crippen LogP contribution in [0.1, 0.15) is 78.2 Å². The molecule has 0 saturated heterocycles. The molecule has 0 aliphatic heterocycles. The van der Waals surface area contributed by atoms with Gasteiger partial charge in [0.05, 0.1) is 50.2 Å². The summed E-state index contributed by atoms with van der Waals surface area (Å²) in [6.45, 7) is 8.63. The third-order valence-electron chi connectivity index (χ3n) is 16.1. The third-order valence-corrected chi connectivity index (χ3v) is 16.1. The van der Waals surface area contributed by atoms with Crippen LogP contribution in [-0.4, -0.2) is 32.7 Å². The fraction of sp³-hybridized carbons (Fsp3) is 0.229. The van der Waals surface area contributed by atoms with Gasteiger partial charge in [-0.15, -0.1) is 0 Å². The molecule has 120 heavy (non-hydrogen) atoms. The van der Waals surface area contributed by atoms with Crippen LogP contribution in [0.4, 0.5) is 208 Å². The van der Waals surface area contributed by atoms with Gasteiger partial charge in [0.25, 0.3) is 0 Å². The molecular formula is C70H34AlF46NO2. The molecule has 0 aliphatic carbocycles. The molecule has 3 nitrogen and oxygen atoms in total. The first kappa shape index (κ1) is 102. The summed E-state index contributed by atoms with van der Waals surface area (Å²) in [6, 6.07) is 0.561. The topological polar surface area (TPSA) is 40.5 Å². The molecule has 9 aromatic rings. The Balaban J connectivity index is 0.000000314. The molecule has 0 saturated carbocycles. The molecule has 2 atom stereocenters. The summed E-state index contributed by atoms with van der Waals surface area (Å²) >= 11 is -1.50. The van der Waals surface area contributed by atoms with E-state index in [1.54, 1.807) is 0 Å². The van der Waals surface area contributed by atoms with Gasteiger partial charge in [-0.2, -0.15) is 13.2 Å². The van der Waals surface area contributed by atoms with Gasteiger partial charge in [-0.3, -0.25) is 0 Å². The average molecular weight is 1820 g/mol. The van der Waals surface area contributed by atoms with Crippen molar-refractivity contribution in [3.05, 3.63) is 262 Å². The molecule has 50 heteroatoms. The minimum absolute atomic E-state index is 0.0811. The Labute approximate surface area is 644 Å². The number of anilines is 1. The van der Waals surface area contributed by atoms with Gasteiger partial charge in [0.1, 0.15) is 5.56 Å². The van der Waals surface area contributed by atoms with E-state index in [0.717, 1.165) is 38.5 Å². The van der Waals surface area contributed by atoms with E-state index < -0.39 is 328 Å². The van der Waals surface area contributed by atoms with Crippen molar-refractivity contribution in [3.63, 3.8) is 0 Å². The zero-order valence-electron chi connectivity index (χ0n) is 58.4. The maximum atomic E-state index is 14.7. The van der Waals surface area contributed by atoms with E-state index in [0.29, 0.717) is 24.9 Å². The van der Waals surface area contributed by atoms with Gasteiger partial charge in [-0.25, -0.2) is 189 Å². The molecular weight excluding hydrogens is 1790 g/mol. The van der Waals surface area contributed by atoms with Crippen molar-refractivity contribution in [2.75, 3.05) is 18.0 Å². The van der Waals surface area contributed by atoms with Crippen LogP contribution in [-0.2, 0) is 9.98 Å². The second kappa shape index (κ2) is 41.3. The van der Waals surface area contributed by atoms with Crippen molar-refractivity contribution in [1.82, 2.24) is 0 Å². The quantitative estimate of drug-likeness (QED) is 0.0454. The molecule has 0 spiro atoms. The van der Waals surface area contributed by atoms with E-state index in [2.05, 4.69) is 6.92 Å². The summed E-state index contributed by atoms with van der Waals surface area (Å²) in [4.78, 5) is 1.46. The van der Waals surface area contributed by atoms with Gasteiger partial charge in [0.15, 0.2) is 204 Å². The molecule has 0 fully saturated rings. The summed E-state index contributed by atoms with van der Waals surface area (Å²) in [6.07, 6.45) is 1.01. The first-order valence-electron chi connectivity index (χ1n) is 31.6. The van der Waals surface area contributed by atoms with E-state index in [9.17, 15) is 202 Å². The average Bonchev–Trinajstić information content (AvgIpc) is 0.784. The molecule has 656 valence electrons. The van der Waals surface area contributed by atoms with E-state index in [1.165, 1.54) is 4.90 Å². The van der Waals surface area contributed by atoms with E-state index in [-0.39, 0.29) is 12.5 Å². The summed E-state index contributed by atoms with van der Waals surface area (Å²) < 4.78 is 622. The second-order valence-corrected chi connectivity index (χ2v) is 23.8. The molecule has 0 aliphatic rings. The summed E-state index contributed by atoms with van der Waals surface area (Å²) in [5, 5.41) is 0. The Kier molecular flexibility index (Phi) is 35.1. The van der Waals surface area contributed by atoms with Crippen LogP contribution in [0.5, 0.6) is 0 Å². The van der Waals surface area contributed by atoms with E-state index in [4.69, 9.17) is 7.96 Å². The first-order valence-corrected chi connectivity index (χ1v) is 32.6. The Morgan fingerprint density at radius 3 is 0.625 bits per heavy atom. The number of alkyl halides is 3. The number of hydrogen-bond acceptors (Lipinski definition) is 2. The van der Waals surface area contributed by atoms with Crippen molar-refractivity contribution in [2.24, 2.45) is 11.8 Å². The van der Waals surface area contributed by atoms with E-state index >= 15 is 0 Å². The maximum absolute atomic E-state index is 14.7. The number of hydrogen-bond donors (Lipinski definition) is 1.